The van der Waals surface area contributed by atoms with E-state index < -0.39 is 10.0 Å². The molecular formula is C15H24N2O2S2. The van der Waals surface area contributed by atoms with Gasteiger partial charge in [-0.15, -0.1) is 0 Å². The molecular weight excluding hydrogens is 304 g/mol. The standard InChI is InChI=1S/C15H24N2O2S2/c1-3-8-16-10-13-5-4-6-15(12(13)2)21(18,19)17-14-7-9-20-11-14/h4-6,14,16-17H,3,7-11H2,1-2H3. The molecule has 0 aromatic heterocycles. The molecule has 1 aromatic carbocycles. The van der Waals surface area contributed by atoms with E-state index in [4.69, 9.17) is 0 Å². The molecule has 21 heavy (non-hydrogen) atoms. The summed E-state index contributed by atoms with van der Waals surface area (Å²) in [5.41, 5.74) is 1.89. The third-order valence-electron chi connectivity index (χ3n) is 3.68. The van der Waals surface area contributed by atoms with Crippen LogP contribution in [0.3, 0.4) is 0 Å². The van der Waals surface area contributed by atoms with Gasteiger partial charge in [0.15, 0.2) is 0 Å². The summed E-state index contributed by atoms with van der Waals surface area (Å²) in [4.78, 5) is 0.412. The summed E-state index contributed by atoms with van der Waals surface area (Å²) in [7, 11) is -3.42. The molecule has 0 spiro atoms. The molecule has 1 aliphatic heterocycles. The third-order valence-corrected chi connectivity index (χ3v) is 6.51. The Kier molecular flexibility index (Phi) is 6.10. The van der Waals surface area contributed by atoms with Gasteiger partial charge in [0, 0.05) is 18.3 Å². The normalized spacial score (nSPS) is 19.0. The van der Waals surface area contributed by atoms with Crippen LogP contribution >= 0.6 is 11.8 Å². The minimum absolute atomic E-state index is 0.0706. The highest BCUT2D eigenvalue weighted by atomic mass is 32.2. The van der Waals surface area contributed by atoms with Crippen molar-refractivity contribution in [2.24, 2.45) is 0 Å². The Morgan fingerprint density at radius 2 is 2.19 bits per heavy atom. The Balaban J connectivity index is 2.16. The van der Waals surface area contributed by atoms with E-state index in [-0.39, 0.29) is 6.04 Å². The van der Waals surface area contributed by atoms with Gasteiger partial charge in [0.2, 0.25) is 10.0 Å². The van der Waals surface area contributed by atoms with Crippen LogP contribution in [0.2, 0.25) is 0 Å². The molecule has 1 atom stereocenters. The molecule has 1 saturated heterocycles. The van der Waals surface area contributed by atoms with Crippen molar-refractivity contribution in [2.75, 3.05) is 18.1 Å². The van der Waals surface area contributed by atoms with Crippen molar-refractivity contribution in [3.05, 3.63) is 29.3 Å². The van der Waals surface area contributed by atoms with Crippen LogP contribution in [0, 0.1) is 6.92 Å². The average Bonchev–Trinajstić information content (AvgIpc) is 2.93. The minimum Gasteiger partial charge on any atom is -0.313 e. The second-order valence-corrected chi connectivity index (χ2v) is 8.23. The fraction of sp³-hybridized carbons (Fsp3) is 0.600. The number of hydrogen-bond acceptors (Lipinski definition) is 4. The van der Waals surface area contributed by atoms with Crippen molar-refractivity contribution in [1.29, 1.82) is 0 Å². The topological polar surface area (TPSA) is 58.2 Å². The summed E-state index contributed by atoms with van der Waals surface area (Å²) in [5, 5.41) is 3.33. The number of benzene rings is 1. The largest absolute Gasteiger partial charge is 0.313 e. The maximum absolute atomic E-state index is 12.6. The van der Waals surface area contributed by atoms with Crippen LogP contribution in [0.5, 0.6) is 0 Å². The Morgan fingerprint density at radius 1 is 1.38 bits per heavy atom. The van der Waals surface area contributed by atoms with Crippen molar-refractivity contribution < 1.29 is 8.42 Å². The Labute approximate surface area is 132 Å². The number of sulfonamides is 1. The van der Waals surface area contributed by atoms with Crippen LogP contribution in [0.1, 0.15) is 30.9 Å². The van der Waals surface area contributed by atoms with Gasteiger partial charge in [-0.25, -0.2) is 13.1 Å². The molecule has 1 aliphatic rings. The zero-order chi connectivity index (χ0) is 15.3. The van der Waals surface area contributed by atoms with Crippen molar-refractivity contribution in [3.63, 3.8) is 0 Å². The summed E-state index contributed by atoms with van der Waals surface area (Å²) in [6.07, 6.45) is 1.98. The van der Waals surface area contributed by atoms with Crippen molar-refractivity contribution in [1.82, 2.24) is 10.0 Å². The molecule has 1 fully saturated rings. The first-order chi connectivity index (χ1) is 10.0. The average molecular weight is 329 g/mol. The highest BCUT2D eigenvalue weighted by Crippen LogP contribution is 2.22. The molecule has 0 radical (unpaired) electrons. The molecule has 1 heterocycles. The number of nitrogens with one attached hydrogen (secondary N) is 2. The molecule has 6 heteroatoms. The molecule has 0 amide bonds. The van der Waals surface area contributed by atoms with Gasteiger partial charge in [-0.05, 0) is 49.3 Å². The van der Waals surface area contributed by atoms with E-state index in [1.165, 1.54) is 0 Å². The second-order valence-electron chi connectivity index (χ2n) is 5.40. The summed E-state index contributed by atoms with van der Waals surface area (Å²) in [6, 6.07) is 5.58. The number of rotatable bonds is 7. The molecule has 0 bridgehead atoms. The Morgan fingerprint density at radius 3 is 2.86 bits per heavy atom. The third kappa shape index (κ3) is 4.45. The summed E-state index contributed by atoms with van der Waals surface area (Å²) in [5.74, 6) is 1.91. The van der Waals surface area contributed by atoms with Crippen LogP contribution in [0.25, 0.3) is 0 Å². The smallest absolute Gasteiger partial charge is 0.241 e. The monoisotopic (exact) mass is 328 g/mol. The number of thioether (sulfide) groups is 1. The van der Waals surface area contributed by atoms with Crippen LogP contribution in [-0.2, 0) is 16.6 Å². The highest BCUT2D eigenvalue weighted by Gasteiger charge is 2.24. The van der Waals surface area contributed by atoms with Crippen molar-refractivity contribution >= 4 is 21.8 Å². The fourth-order valence-electron chi connectivity index (χ4n) is 2.45. The molecule has 118 valence electrons. The Bertz CT molecular complexity index is 567. The van der Waals surface area contributed by atoms with Gasteiger partial charge in [0.1, 0.15) is 0 Å². The first-order valence-electron chi connectivity index (χ1n) is 7.44. The van der Waals surface area contributed by atoms with E-state index in [1.54, 1.807) is 17.8 Å². The van der Waals surface area contributed by atoms with E-state index in [0.29, 0.717) is 11.4 Å². The number of hydrogen-bond donors (Lipinski definition) is 2. The predicted molar refractivity (Wildman–Crippen MR) is 89.2 cm³/mol. The van der Waals surface area contributed by atoms with Gasteiger partial charge < -0.3 is 5.32 Å². The first-order valence-corrected chi connectivity index (χ1v) is 10.1. The van der Waals surface area contributed by atoms with Gasteiger partial charge in [-0.2, -0.15) is 11.8 Å². The van der Waals surface area contributed by atoms with E-state index in [9.17, 15) is 8.42 Å². The lowest BCUT2D eigenvalue weighted by atomic mass is 10.1. The fourth-order valence-corrected chi connectivity index (χ4v) is 5.27. The minimum atomic E-state index is -3.42. The molecule has 0 aliphatic carbocycles. The maximum Gasteiger partial charge on any atom is 0.241 e. The lowest BCUT2D eigenvalue weighted by molar-refractivity contribution is 0.562. The van der Waals surface area contributed by atoms with Crippen molar-refractivity contribution in [3.8, 4) is 0 Å². The lowest BCUT2D eigenvalue weighted by Crippen LogP contribution is -2.35. The van der Waals surface area contributed by atoms with E-state index in [1.807, 2.05) is 19.1 Å². The molecule has 1 aromatic rings. The molecule has 2 rings (SSSR count). The highest BCUT2D eigenvalue weighted by molar-refractivity contribution is 7.99. The van der Waals surface area contributed by atoms with Gasteiger partial charge in [0.25, 0.3) is 0 Å². The van der Waals surface area contributed by atoms with Crippen molar-refractivity contribution in [2.45, 2.75) is 44.2 Å². The van der Waals surface area contributed by atoms with E-state index >= 15 is 0 Å². The molecule has 0 saturated carbocycles. The second kappa shape index (κ2) is 7.63. The lowest BCUT2D eigenvalue weighted by Gasteiger charge is -2.16. The summed E-state index contributed by atoms with van der Waals surface area (Å²) in [6.45, 7) is 5.65. The Hall–Kier alpha value is -0.560. The zero-order valence-electron chi connectivity index (χ0n) is 12.7. The summed E-state index contributed by atoms with van der Waals surface area (Å²) < 4.78 is 27.9. The van der Waals surface area contributed by atoms with Gasteiger partial charge in [-0.1, -0.05) is 19.1 Å². The van der Waals surface area contributed by atoms with Crippen LogP contribution in [-0.4, -0.2) is 32.5 Å². The van der Waals surface area contributed by atoms with Crippen LogP contribution < -0.4 is 10.0 Å². The van der Waals surface area contributed by atoms with Gasteiger partial charge in [-0.3, -0.25) is 0 Å². The maximum atomic E-state index is 12.6. The van der Waals surface area contributed by atoms with Crippen LogP contribution in [0.4, 0.5) is 0 Å². The molecule has 2 N–H and O–H groups in total. The summed E-state index contributed by atoms with van der Waals surface area (Å²) >= 11 is 1.80. The quantitative estimate of drug-likeness (QED) is 0.754. The first kappa shape index (κ1) is 16.8. The van der Waals surface area contributed by atoms with Gasteiger partial charge in [0.05, 0.1) is 4.90 Å². The molecule has 4 nitrogen and oxygen atoms in total. The molecule has 1 unspecified atom stereocenters. The van der Waals surface area contributed by atoms with E-state index in [0.717, 1.165) is 42.0 Å². The van der Waals surface area contributed by atoms with Crippen LogP contribution in [0.15, 0.2) is 23.1 Å². The predicted octanol–water partition coefficient (Wildman–Crippen LogP) is 2.28. The van der Waals surface area contributed by atoms with Gasteiger partial charge >= 0.3 is 0 Å². The zero-order valence-corrected chi connectivity index (χ0v) is 14.3. The SMILES string of the molecule is CCCNCc1cccc(S(=O)(=O)NC2CCSC2)c1C. The van der Waals surface area contributed by atoms with E-state index in [2.05, 4.69) is 17.0 Å².